The molecule has 1 aromatic carbocycles. The lowest BCUT2D eigenvalue weighted by molar-refractivity contribution is -0.199. The highest BCUT2D eigenvalue weighted by molar-refractivity contribution is 5.89. The molecule has 0 atom stereocenters. The van der Waals surface area contributed by atoms with Crippen LogP contribution in [0.25, 0.3) is 0 Å². The Kier molecular flexibility index (Phi) is 3.20. The van der Waals surface area contributed by atoms with Gasteiger partial charge in [-0.15, -0.1) is 0 Å². The Morgan fingerprint density at radius 2 is 1.85 bits per heavy atom. The maximum atomic E-state index is 5.01. The summed E-state index contributed by atoms with van der Waals surface area (Å²) < 4.78 is 14.7. The second-order valence-electron chi connectivity index (χ2n) is 2.36. The third kappa shape index (κ3) is 2.15. The van der Waals surface area contributed by atoms with Crippen molar-refractivity contribution in [3.63, 3.8) is 0 Å². The van der Waals surface area contributed by atoms with Gasteiger partial charge >= 0.3 is 5.97 Å². The highest BCUT2D eigenvalue weighted by Gasteiger charge is 2.04. The van der Waals surface area contributed by atoms with Crippen molar-refractivity contribution < 1.29 is 13.9 Å². The molecule has 0 radical (unpaired) electrons. The molecule has 3 heteroatoms. The molecule has 3 nitrogen and oxygen atoms in total. The molecule has 0 spiro atoms. The summed E-state index contributed by atoms with van der Waals surface area (Å²) in [5.41, 5.74) is 0.832. The maximum Gasteiger partial charge on any atom is 0.369 e. The van der Waals surface area contributed by atoms with Gasteiger partial charge in [0.1, 0.15) is 5.75 Å². The standard InChI is InChI=1S/C10H12O3/c1-11-9-6-4-8(5-7-9)10(12-2)13-3/h4-7H,2H2,1,3H3. The minimum Gasteiger partial charge on any atom is -0.497 e. The summed E-state index contributed by atoms with van der Waals surface area (Å²) in [4.78, 5) is 0. The first-order chi connectivity index (χ1) is 6.31. The van der Waals surface area contributed by atoms with Gasteiger partial charge in [0.15, 0.2) is 7.11 Å². The van der Waals surface area contributed by atoms with Gasteiger partial charge < -0.3 is 13.9 Å². The second-order valence-corrected chi connectivity index (χ2v) is 2.36. The summed E-state index contributed by atoms with van der Waals surface area (Å²) in [7, 11) is 6.43. The van der Waals surface area contributed by atoms with Gasteiger partial charge in [0, 0.05) is 12.7 Å². The van der Waals surface area contributed by atoms with E-state index in [-0.39, 0.29) is 0 Å². The van der Waals surface area contributed by atoms with Crippen molar-refractivity contribution in [3.05, 3.63) is 36.9 Å². The molecule has 0 fully saturated rings. The number of ether oxygens (including phenoxy) is 2. The first kappa shape index (κ1) is 9.45. The molecular weight excluding hydrogens is 168 g/mol. The zero-order chi connectivity index (χ0) is 9.68. The fourth-order valence-electron chi connectivity index (χ4n) is 0.987. The largest absolute Gasteiger partial charge is 0.497 e. The molecule has 0 saturated heterocycles. The van der Waals surface area contributed by atoms with E-state index in [0.29, 0.717) is 5.97 Å². The molecule has 1 aromatic rings. The van der Waals surface area contributed by atoms with Gasteiger partial charge in [0.2, 0.25) is 0 Å². The number of esters is 1. The average Bonchev–Trinajstić information content (AvgIpc) is 2.21. The molecule has 0 unspecified atom stereocenters. The highest BCUT2D eigenvalue weighted by atomic mass is 16.6. The molecular formula is C10H12O3. The van der Waals surface area contributed by atoms with E-state index in [4.69, 9.17) is 13.9 Å². The zero-order valence-electron chi connectivity index (χ0n) is 7.74. The molecule has 70 valence electrons. The van der Waals surface area contributed by atoms with Crippen molar-refractivity contribution in [1.29, 1.82) is 0 Å². The lowest BCUT2D eigenvalue weighted by Gasteiger charge is -2.02. The van der Waals surface area contributed by atoms with Gasteiger partial charge in [-0.05, 0) is 12.1 Å². The van der Waals surface area contributed by atoms with Gasteiger partial charge in [0.25, 0.3) is 0 Å². The quantitative estimate of drug-likeness (QED) is 0.394. The summed E-state index contributed by atoms with van der Waals surface area (Å²) >= 11 is 0. The Labute approximate surface area is 77.6 Å². The van der Waals surface area contributed by atoms with Crippen molar-refractivity contribution in [2.75, 3.05) is 14.2 Å². The summed E-state index contributed by atoms with van der Waals surface area (Å²) in [6.07, 6.45) is 0. The lowest BCUT2D eigenvalue weighted by Crippen LogP contribution is -2.02. The predicted molar refractivity (Wildman–Crippen MR) is 49.7 cm³/mol. The van der Waals surface area contributed by atoms with Crippen LogP contribution in [0.5, 0.6) is 5.75 Å². The highest BCUT2D eigenvalue weighted by Crippen LogP contribution is 2.11. The van der Waals surface area contributed by atoms with Gasteiger partial charge in [0.05, 0.1) is 7.11 Å². The molecule has 13 heavy (non-hydrogen) atoms. The van der Waals surface area contributed by atoms with Crippen molar-refractivity contribution >= 4 is 5.97 Å². The van der Waals surface area contributed by atoms with Crippen molar-refractivity contribution in [2.24, 2.45) is 0 Å². The lowest BCUT2D eigenvalue weighted by atomic mass is 10.2. The monoisotopic (exact) mass is 180 g/mol. The molecule has 0 aliphatic carbocycles. The van der Waals surface area contributed by atoms with E-state index in [2.05, 4.69) is 7.11 Å². The van der Waals surface area contributed by atoms with E-state index in [1.807, 2.05) is 24.3 Å². The smallest absolute Gasteiger partial charge is 0.369 e. The zero-order valence-corrected chi connectivity index (χ0v) is 7.74. The van der Waals surface area contributed by atoms with Crippen molar-refractivity contribution in [1.82, 2.24) is 0 Å². The van der Waals surface area contributed by atoms with Crippen LogP contribution in [0.3, 0.4) is 0 Å². The van der Waals surface area contributed by atoms with Crippen LogP contribution >= 0.6 is 0 Å². The van der Waals surface area contributed by atoms with Crippen LogP contribution in [0, 0.1) is 7.11 Å². The van der Waals surface area contributed by atoms with Gasteiger partial charge in [-0.2, -0.15) is 0 Å². The predicted octanol–water partition coefficient (Wildman–Crippen LogP) is 1.81. The Morgan fingerprint density at radius 1 is 1.23 bits per heavy atom. The molecule has 0 aliphatic heterocycles. The van der Waals surface area contributed by atoms with E-state index in [9.17, 15) is 0 Å². The molecule has 0 heterocycles. The second kappa shape index (κ2) is 4.40. The van der Waals surface area contributed by atoms with E-state index in [1.165, 1.54) is 7.11 Å². The number of rotatable bonds is 2. The van der Waals surface area contributed by atoms with Crippen LogP contribution in [-0.2, 0) is 4.74 Å². The van der Waals surface area contributed by atoms with E-state index in [1.54, 1.807) is 7.11 Å². The number of benzene rings is 1. The molecule has 0 amide bonds. The maximum absolute atomic E-state index is 5.01. The number of carbonyl (C=O) groups excluding carboxylic acids is 1. The number of methoxy groups -OCH3 is 2. The Bertz CT molecular complexity index is 288. The molecule has 1 rings (SSSR count). The van der Waals surface area contributed by atoms with E-state index < -0.39 is 0 Å². The normalized spacial score (nSPS) is 11.1. The van der Waals surface area contributed by atoms with Gasteiger partial charge in [-0.3, -0.25) is 0 Å². The van der Waals surface area contributed by atoms with Crippen molar-refractivity contribution in [2.45, 2.75) is 0 Å². The van der Waals surface area contributed by atoms with Crippen LogP contribution in [0.15, 0.2) is 24.3 Å². The fourth-order valence-corrected chi connectivity index (χ4v) is 0.987. The SMILES string of the molecule is [CH2-]/[O+]=C(\OC)c1ccc(OC)cc1. The van der Waals surface area contributed by atoms with Crippen LogP contribution in [0.1, 0.15) is 9.99 Å². The van der Waals surface area contributed by atoms with Crippen LogP contribution in [0.4, 0.5) is 0 Å². The minimum atomic E-state index is 0.391. The molecule has 0 bridgehead atoms. The number of hydrogen-bond acceptors (Lipinski definition) is 2. The Balaban J connectivity index is 2.91. The Morgan fingerprint density at radius 3 is 2.23 bits per heavy atom. The topological polar surface area (TPSA) is 29.8 Å². The van der Waals surface area contributed by atoms with Crippen molar-refractivity contribution in [3.8, 4) is 5.75 Å². The van der Waals surface area contributed by atoms with Crippen LogP contribution < -0.4 is 4.74 Å². The average molecular weight is 180 g/mol. The fraction of sp³-hybridized carbons (Fsp3) is 0.200. The van der Waals surface area contributed by atoms with Crippen LogP contribution in [0.2, 0.25) is 0 Å². The first-order valence-electron chi connectivity index (χ1n) is 3.79. The van der Waals surface area contributed by atoms with E-state index in [0.717, 1.165) is 11.3 Å². The summed E-state index contributed by atoms with van der Waals surface area (Å²) in [6.45, 7) is 0. The van der Waals surface area contributed by atoms with Gasteiger partial charge in [-0.1, -0.05) is 12.1 Å². The summed E-state index contributed by atoms with van der Waals surface area (Å²) in [5, 5.41) is 0. The van der Waals surface area contributed by atoms with E-state index >= 15 is 0 Å². The molecule has 0 aromatic heterocycles. The first-order valence-corrected chi connectivity index (χ1v) is 3.79. The third-order valence-electron chi connectivity index (χ3n) is 1.64. The molecule has 0 saturated carbocycles. The Hall–Kier alpha value is -1.64. The molecule has 0 N–H and O–H groups in total. The molecule has 0 aliphatic rings. The van der Waals surface area contributed by atoms with Gasteiger partial charge in [-0.25, -0.2) is 0 Å². The van der Waals surface area contributed by atoms with Crippen LogP contribution in [-0.4, -0.2) is 20.2 Å². The summed E-state index contributed by atoms with van der Waals surface area (Å²) in [5.74, 6) is 1.19. The minimum absolute atomic E-state index is 0.391. The number of hydrogen-bond donors (Lipinski definition) is 0. The summed E-state index contributed by atoms with van der Waals surface area (Å²) in [6, 6.07) is 7.33. The third-order valence-corrected chi connectivity index (χ3v) is 1.64.